The number of aromatic nitrogens is 1. The number of fused-ring (bicyclic) bond motifs is 4. The third-order valence-corrected chi connectivity index (χ3v) is 6.73. The lowest BCUT2D eigenvalue weighted by molar-refractivity contribution is -0.135. The number of benzene rings is 3. The van der Waals surface area contributed by atoms with E-state index >= 15 is 0 Å². The highest BCUT2D eigenvalue weighted by Crippen LogP contribution is 2.48. The van der Waals surface area contributed by atoms with Gasteiger partial charge in [0, 0.05) is 24.1 Å². The number of hydrogen-bond acceptors (Lipinski definition) is 6. The van der Waals surface area contributed by atoms with Crippen molar-refractivity contribution in [3.8, 4) is 17.2 Å². The van der Waals surface area contributed by atoms with E-state index in [1.54, 1.807) is 49.1 Å². The number of ketones is 1. The molecule has 0 radical (unpaired) electrons. The van der Waals surface area contributed by atoms with Gasteiger partial charge in [-0.1, -0.05) is 30.3 Å². The fourth-order valence-corrected chi connectivity index (χ4v) is 4.92. The average Bonchev–Trinajstić information content (AvgIpc) is 3.21. The molecule has 0 amide bonds. The number of aryl methyl sites for hydroxylation is 1. The molecular weight excluding hydrogens is 458 g/mol. The molecule has 178 valence electrons. The minimum absolute atomic E-state index is 0.0356. The summed E-state index contributed by atoms with van der Waals surface area (Å²) in [6, 6.07) is 19.8. The van der Waals surface area contributed by atoms with Crippen LogP contribution in [0.3, 0.4) is 0 Å². The summed E-state index contributed by atoms with van der Waals surface area (Å²) >= 11 is 0. The van der Waals surface area contributed by atoms with E-state index in [9.17, 15) is 14.4 Å². The molecule has 6 rings (SSSR count). The molecule has 0 saturated heterocycles. The molecule has 36 heavy (non-hydrogen) atoms. The second kappa shape index (κ2) is 8.23. The van der Waals surface area contributed by atoms with Crippen molar-refractivity contribution in [1.82, 2.24) is 4.57 Å². The number of allylic oxidation sites excluding steroid dienone is 1. The standard InChI is InChI=1S/C29H21NO6/c1-30-22-6-4-3-5-17(22)14-21(29(30)33)20-15-25(31)35-23-12-11-19-27(32)24(36-28(19)26(20)23)13-16-7-9-18(34-2)10-8-16/h3-14,20H,15H2,1-2H3/b24-13+. The van der Waals surface area contributed by atoms with Crippen LogP contribution >= 0.6 is 0 Å². The Hall–Kier alpha value is -4.65. The van der Waals surface area contributed by atoms with Crippen LogP contribution in [-0.2, 0) is 11.8 Å². The molecule has 7 nitrogen and oxygen atoms in total. The number of methoxy groups -OCH3 is 1. The molecule has 0 saturated carbocycles. The number of carbonyl (C=O) groups is 2. The van der Waals surface area contributed by atoms with Gasteiger partial charge in [-0.15, -0.1) is 0 Å². The van der Waals surface area contributed by atoms with Crippen molar-refractivity contribution in [3.63, 3.8) is 0 Å². The Morgan fingerprint density at radius 1 is 0.972 bits per heavy atom. The summed E-state index contributed by atoms with van der Waals surface area (Å²) in [6.07, 6.45) is 1.62. The van der Waals surface area contributed by atoms with Crippen LogP contribution in [0.1, 0.15) is 39.4 Å². The zero-order valence-corrected chi connectivity index (χ0v) is 19.6. The molecule has 0 spiro atoms. The lowest BCUT2D eigenvalue weighted by Crippen LogP contribution is -2.29. The van der Waals surface area contributed by atoms with Crippen molar-refractivity contribution in [2.45, 2.75) is 12.3 Å². The van der Waals surface area contributed by atoms with E-state index in [1.165, 1.54) is 0 Å². The van der Waals surface area contributed by atoms with Crippen molar-refractivity contribution in [3.05, 3.63) is 105 Å². The summed E-state index contributed by atoms with van der Waals surface area (Å²) < 4.78 is 18.4. The maximum Gasteiger partial charge on any atom is 0.312 e. The van der Waals surface area contributed by atoms with E-state index in [4.69, 9.17) is 14.2 Å². The van der Waals surface area contributed by atoms with Gasteiger partial charge in [-0.25, -0.2) is 0 Å². The van der Waals surface area contributed by atoms with Crippen LogP contribution in [0.5, 0.6) is 17.2 Å². The number of nitrogens with zero attached hydrogens (tertiary/aromatic N) is 1. The molecule has 7 heteroatoms. The van der Waals surface area contributed by atoms with Crippen molar-refractivity contribution >= 4 is 28.7 Å². The van der Waals surface area contributed by atoms with Gasteiger partial charge in [0.25, 0.3) is 5.56 Å². The Morgan fingerprint density at radius 2 is 1.75 bits per heavy atom. The summed E-state index contributed by atoms with van der Waals surface area (Å²) in [6.45, 7) is 0. The maximum absolute atomic E-state index is 13.4. The first-order chi connectivity index (χ1) is 17.4. The summed E-state index contributed by atoms with van der Waals surface area (Å²) in [7, 11) is 3.30. The molecule has 3 aromatic carbocycles. The second-order valence-electron chi connectivity index (χ2n) is 8.82. The zero-order valence-electron chi connectivity index (χ0n) is 19.6. The second-order valence-corrected chi connectivity index (χ2v) is 8.82. The normalized spacial score (nSPS) is 17.5. The van der Waals surface area contributed by atoms with E-state index < -0.39 is 11.9 Å². The molecule has 4 aromatic rings. The van der Waals surface area contributed by atoms with E-state index in [1.807, 2.05) is 42.5 Å². The highest BCUT2D eigenvalue weighted by atomic mass is 16.5. The quantitative estimate of drug-likeness (QED) is 0.243. The zero-order chi connectivity index (χ0) is 25.0. The molecule has 1 atom stereocenters. The highest BCUT2D eigenvalue weighted by Gasteiger charge is 2.39. The van der Waals surface area contributed by atoms with E-state index in [-0.39, 0.29) is 23.5 Å². The first-order valence-corrected chi connectivity index (χ1v) is 11.5. The lowest BCUT2D eigenvalue weighted by atomic mass is 9.84. The third kappa shape index (κ3) is 3.40. The predicted molar refractivity (Wildman–Crippen MR) is 134 cm³/mol. The smallest absolute Gasteiger partial charge is 0.312 e. The largest absolute Gasteiger partial charge is 0.497 e. The van der Waals surface area contributed by atoms with Gasteiger partial charge >= 0.3 is 5.97 Å². The molecule has 1 unspecified atom stereocenters. The minimum Gasteiger partial charge on any atom is -0.497 e. The molecule has 0 aliphatic carbocycles. The van der Waals surface area contributed by atoms with Gasteiger partial charge in [0.15, 0.2) is 5.76 Å². The highest BCUT2D eigenvalue weighted by molar-refractivity contribution is 6.15. The number of Topliss-reactive ketones (excluding diaryl/α,β-unsaturated/α-hetero) is 1. The number of pyridine rings is 1. The topological polar surface area (TPSA) is 83.8 Å². The predicted octanol–water partition coefficient (Wildman–Crippen LogP) is 4.60. The van der Waals surface area contributed by atoms with Gasteiger partial charge in [0.05, 0.1) is 24.6 Å². The lowest BCUT2D eigenvalue weighted by Gasteiger charge is -2.26. The van der Waals surface area contributed by atoms with E-state index in [2.05, 4.69) is 0 Å². The third-order valence-electron chi connectivity index (χ3n) is 6.73. The summed E-state index contributed by atoms with van der Waals surface area (Å²) in [4.78, 5) is 39.2. The molecule has 0 N–H and O–H groups in total. The number of esters is 1. The van der Waals surface area contributed by atoms with E-state index in [0.717, 1.165) is 16.5 Å². The Balaban J connectivity index is 1.49. The van der Waals surface area contributed by atoms with Gasteiger partial charge in [0.2, 0.25) is 5.78 Å². The van der Waals surface area contributed by atoms with Crippen LogP contribution in [0.25, 0.3) is 17.0 Å². The van der Waals surface area contributed by atoms with Crippen molar-refractivity contribution < 1.29 is 23.8 Å². The van der Waals surface area contributed by atoms with Crippen LogP contribution in [0, 0.1) is 0 Å². The summed E-state index contributed by atoms with van der Waals surface area (Å²) in [5.74, 6) is 0.147. The molecule has 0 bridgehead atoms. The number of carbonyl (C=O) groups excluding carboxylic acids is 2. The monoisotopic (exact) mass is 479 g/mol. The van der Waals surface area contributed by atoms with Crippen LogP contribution in [0.2, 0.25) is 0 Å². The van der Waals surface area contributed by atoms with Gasteiger partial charge in [-0.05, 0) is 53.4 Å². The fourth-order valence-electron chi connectivity index (χ4n) is 4.92. The number of ether oxygens (including phenoxy) is 3. The maximum atomic E-state index is 13.4. The SMILES string of the molecule is COc1ccc(/C=C2/Oc3c(ccc4c3C(c3cc5ccccc5n(C)c3=O)CC(=O)O4)C2=O)cc1. The van der Waals surface area contributed by atoms with Gasteiger partial charge in [-0.2, -0.15) is 0 Å². The number of rotatable bonds is 3. The minimum atomic E-state index is -0.618. The Bertz CT molecular complexity index is 1660. The van der Waals surface area contributed by atoms with Crippen molar-refractivity contribution in [1.29, 1.82) is 0 Å². The van der Waals surface area contributed by atoms with Crippen LogP contribution in [0.15, 0.2) is 77.3 Å². The fraction of sp³-hybridized carbons (Fsp3) is 0.138. The Kier molecular flexibility index (Phi) is 5.00. The molecule has 0 fully saturated rings. The van der Waals surface area contributed by atoms with Gasteiger partial charge in [-0.3, -0.25) is 14.4 Å². The molecule has 3 heterocycles. The Morgan fingerprint density at radius 3 is 2.53 bits per heavy atom. The molecular formula is C29H21NO6. The van der Waals surface area contributed by atoms with Gasteiger partial charge < -0.3 is 18.8 Å². The van der Waals surface area contributed by atoms with Crippen LogP contribution < -0.4 is 19.8 Å². The molecule has 1 aromatic heterocycles. The first kappa shape index (κ1) is 21.9. The molecule has 2 aliphatic rings. The number of para-hydroxylation sites is 1. The number of hydrogen-bond donors (Lipinski definition) is 0. The molecule has 2 aliphatic heterocycles. The van der Waals surface area contributed by atoms with E-state index in [0.29, 0.717) is 33.9 Å². The Labute approximate surface area is 206 Å². The first-order valence-electron chi connectivity index (χ1n) is 11.5. The summed E-state index contributed by atoms with van der Waals surface area (Å²) in [5, 5.41) is 0.875. The van der Waals surface area contributed by atoms with Crippen LogP contribution in [-0.4, -0.2) is 23.4 Å². The van der Waals surface area contributed by atoms with Crippen molar-refractivity contribution in [2.24, 2.45) is 7.05 Å². The van der Waals surface area contributed by atoms with Crippen molar-refractivity contribution in [2.75, 3.05) is 7.11 Å². The average molecular weight is 479 g/mol. The van der Waals surface area contributed by atoms with Gasteiger partial charge in [0.1, 0.15) is 17.2 Å². The summed E-state index contributed by atoms with van der Waals surface area (Å²) in [5.41, 5.74) is 2.70. The van der Waals surface area contributed by atoms with Crippen LogP contribution in [0.4, 0.5) is 0 Å².